The molecule has 1 fully saturated rings. The fourth-order valence-corrected chi connectivity index (χ4v) is 5.30. The number of amides is 1. The van der Waals surface area contributed by atoms with Crippen LogP contribution in [0.3, 0.4) is 0 Å². The van der Waals surface area contributed by atoms with E-state index in [0.717, 1.165) is 5.56 Å². The highest BCUT2D eigenvalue weighted by Crippen LogP contribution is 2.21. The van der Waals surface area contributed by atoms with Gasteiger partial charge in [0.05, 0.1) is 4.90 Å². The van der Waals surface area contributed by atoms with Crippen molar-refractivity contribution in [1.29, 1.82) is 0 Å². The van der Waals surface area contributed by atoms with E-state index < -0.39 is 15.4 Å². The Morgan fingerprint density at radius 2 is 1.58 bits per heavy atom. The number of benzene rings is 2. The standard InChI is InChI=1S/C24H31ClFN3O3S/c1-24(2,3)23(30)28(18-19-4-8-21(26)9-5-19)15-12-27-13-16-29(17-14-27)33(31,32)22-10-6-20(25)7-11-22/h4-11H,12-18H2,1-3H3. The van der Waals surface area contributed by atoms with Gasteiger partial charge in [-0.05, 0) is 42.0 Å². The summed E-state index contributed by atoms with van der Waals surface area (Å²) >= 11 is 5.88. The molecule has 0 N–H and O–H groups in total. The molecule has 0 spiro atoms. The van der Waals surface area contributed by atoms with Crippen LogP contribution in [-0.2, 0) is 21.4 Å². The lowest BCUT2D eigenvalue weighted by atomic mass is 9.94. The summed E-state index contributed by atoms with van der Waals surface area (Å²) in [7, 11) is -3.56. The number of carbonyl (C=O) groups excluding carboxylic acids is 1. The maximum Gasteiger partial charge on any atom is 0.243 e. The number of halogens is 2. The molecule has 2 aromatic rings. The van der Waals surface area contributed by atoms with Crippen LogP contribution in [0.1, 0.15) is 26.3 Å². The number of hydrogen-bond acceptors (Lipinski definition) is 4. The quantitative estimate of drug-likeness (QED) is 0.585. The van der Waals surface area contributed by atoms with Crippen molar-refractivity contribution in [2.45, 2.75) is 32.2 Å². The Morgan fingerprint density at radius 3 is 2.12 bits per heavy atom. The summed E-state index contributed by atoms with van der Waals surface area (Å²) in [4.78, 5) is 17.2. The van der Waals surface area contributed by atoms with Crippen molar-refractivity contribution in [1.82, 2.24) is 14.1 Å². The molecule has 180 valence electrons. The number of hydrogen-bond donors (Lipinski definition) is 0. The zero-order valence-corrected chi connectivity index (χ0v) is 20.9. The van der Waals surface area contributed by atoms with E-state index in [-0.39, 0.29) is 16.6 Å². The smallest absolute Gasteiger partial charge is 0.243 e. The molecule has 1 saturated heterocycles. The third-order valence-corrected chi connectivity index (χ3v) is 7.85. The molecule has 1 heterocycles. The first-order valence-electron chi connectivity index (χ1n) is 11.0. The molecule has 9 heteroatoms. The molecule has 0 bridgehead atoms. The van der Waals surface area contributed by atoms with Gasteiger partial charge >= 0.3 is 0 Å². The number of nitrogens with zero attached hydrogens (tertiary/aromatic N) is 3. The number of piperazine rings is 1. The molecule has 0 atom stereocenters. The summed E-state index contributed by atoms with van der Waals surface area (Å²) in [6.07, 6.45) is 0. The lowest BCUT2D eigenvalue weighted by Gasteiger charge is -2.36. The maximum atomic E-state index is 13.3. The minimum Gasteiger partial charge on any atom is -0.337 e. The molecule has 33 heavy (non-hydrogen) atoms. The molecule has 1 amide bonds. The summed E-state index contributed by atoms with van der Waals surface area (Å²) < 4.78 is 40.5. The van der Waals surface area contributed by atoms with Crippen LogP contribution < -0.4 is 0 Å². The first kappa shape index (κ1) is 25.6. The fourth-order valence-electron chi connectivity index (χ4n) is 3.75. The van der Waals surface area contributed by atoms with Gasteiger partial charge in [-0.2, -0.15) is 4.31 Å². The van der Waals surface area contributed by atoms with Crippen molar-refractivity contribution < 1.29 is 17.6 Å². The lowest BCUT2D eigenvalue weighted by Crippen LogP contribution is -2.51. The van der Waals surface area contributed by atoms with Gasteiger partial charge in [0, 0.05) is 56.3 Å². The third kappa shape index (κ3) is 6.76. The second kappa shape index (κ2) is 10.5. The maximum absolute atomic E-state index is 13.3. The first-order chi connectivity index (χ1) is 15.5. The topological polar surface area (TPSA) is 60.9 Å². The van der Waals surface area contributed by atoms with Crippen molar-refractivity contribution in [3.05, 3.63) is 64.9 Å². The van der Waals surface area contributed by atoms with Gasteiger partial charge in [-0.15, -0.1) is 0 Å². The molecule has 0 aromatic heterocycles. The summed E-state index contributed by atoms with van der Waals surface area (Å²) in [5, 5.41) is 0.494. The molecule has 0 aliphatic carbocycles. The summed E-state index contributed by atoms with van der Waals surface area (Å²) in [5.74, 6) is -0.283. The zero-order valence-electron chi connectivity index (χ0n) is 19.3. The van der Waals surface area contributed by atoms with Crippen LogP contribution in [0, 0.1) is 11.2 Å². The van der Waals surface area contributed by atoms with Gasteiger partial charge in [0.15, 0.2) is 0 Å². The molecule has 0 saturated carbocycles. The summed E-state index contributed by atoms with van der Waals surface area (Å²) in [6.45, 7) is 9.14. The number of rotatable bonds is 7. The predicted octanol–water partition coefficient (Wildman–Crippen LogP) is 3.86. The van der Waals surface area contributed by atoms with Crippen LogP contribution >= 0.6 is 11.6 Å². The van der Waals surface area contributed by atoms with E-state index in [1.165, 1.54) is 28.6 Å². The highest BCUT2D eigenvalue weighted by atomic mass is 35.5. The second-order valence-corrected chi connectivity index (χ2v) is 11.7. The third-order valence-electron chi connectivity index (χ3n) is 5.68. The van der Waals surface area contributed by atoms with Gasteiger partial charge < -0.3 is 4.90 Å². The average Bonchev–Trinajstić information content (AvgIpc) is 2.77. The minimum atomic E-state index is -3.56. The molecule has 1 aliphatic heterocycles. The monoisotopic (exact) mass is 495 g/mol. The predicted molar refractivity (Wildman–Crippen MR) is 128 cm³/mol. The van der Waals surface area contributed by atoms with Gasteiger partial charge in [-0.1, -0.05) is 44.5 Å². The highest BCUT2D eigenvalue weighted by Gasteiger charge is 2.30. The van der Waals surface area contributed by atoms with E-state index in [4.69, 9.17) is 11.6 Å². The van der Waals surface area contributed by atoms with E-state index in [0.29, 0.717) is 50.8 Å². The van der Waals surface area contributed by atoms with E-state index in [1.54, 1.807) is 29.2 Å². The molecular formula is C24H31ClFN3O3S. The Balaban J connectivity index is 1.59. The highest BCUT2D eigenvalue weighted by molar-refractivity contribution is 7.89. The number of carbonyl (C=O) groups is 1. The molecular weight excluding hydrogens is 465 g/mol. The van der Waals surface area contributed by atoms with Crippen LogP contribution in [0.4, 0.5) is 4.39 Å². The largest absolute Gasteiger partial charge is 0.337 e. The summed E-state index contributed by atoms with van der Waals surface area (Å²) in [6, 6.07) is 12.4. The average molecular weight is 496 g/mol. The normalized spacial score (nSPS) is 16.0. The van der Waals surface area contributed by atoms with Crippen molar-refractivity contribution in [3.8, 4) is 0 Å². The van der Waals surface area contributed by atoms with E-state index in [9.17, 15) is 17.6 Å². The Hall–Kier alpha value is -2.00. The Kier molecular flexibility index (Phi) is 8.16. The van der Waals surface area contributed by atoms with Gasteiger partial charge in [-0.25, -0.2) is 12.8 Å². The van der Waals surface area contributed by atoms with Crippen molar-refractivity contribution in [2.75, 3.05) is 39.3 Å². The van der Waals surface area contributed by atoms with Crippen molar-refractivity contribution in [2.24, 2.45) is 5.41 Å². The van der Waals surface area contributed by atoms with Gasteiger partial charge in [0.25, 0.3) is 0 Å². The Bertz CT molecular complexity index is 1050. The minimum absolute atomic E-state index is 0.0239. The molecule has 6 nitrogen and oxygen atoms in total. The molecule has 1 aliphatic rings. The Labute approximate surface area is 201 Å². The summed E-state index contributed by atoms with van der Waals surface area (Å²) in [5.41, 5.74) is 0.332. The second-order valence-electron chi connectivity index (χ2n) is 9.30. The van der Waals surface area contributed by atoms with E-state index >= 15 is 0 Å². The van der Waals surface area contributed by atoms with Gasteiger partial charge in [0.1, 0.15) is 5.82 Å². The fraction of sp³-hybridized carbons (Fsp3) is 0.458. The number of sulfonamides is 1. The van der Waals surface area contributed by atoms with Crippen LogP contribution in [0.15, 0.2) is 53.4 Å². The molecule has 2 aromatic carbocycles. The van der Waals surface area contributed by atoms with Gasteiger partial charge in [0.2, 0.25) is 15.9 Å². The van der Waals surface area contributed by atoms with E-state index in [2.05, 4.69) is 4.90 Å². The lowest BCUT2D eigenvalue weighted by molar-refractivity contribution is -0.140. The van der Waals surface area contributed by atoms with Gasteiger partial charge in [-0.3, -0.25) is 9.69 Å². The molecule has 0 radical (unpaired) electrons. The van der Waals surface area contributed by atoms with Crippen LogP contribution in [-0.4, -0.2) is 67.7 Å². The SMILES string of the molecule is CC(C)(C)C(=O)N(CCN1CCN(S(=O)(=O)c2ccc(Cl)cc2)CC1)Cc1ccc(F)cc1. The van der Waals surface area contributed by atoms with Crippen LogP contribution in [0.5, 0.6) is 0 Å². The molecule has 3 rings (SSSR count). The molecule has 0 unspecified atom stereocenters. The Morgan fingerprint density at radius 1 is 1.00 bits per heavy atom. The van der Waals surface area contributed by atoms with Crippen LogP contribution in [0.25, 0.3) is 0 Å². The van der Waals surface area contributed by atoms with E-state index in [1.807, 2.05) is 20.8 Å². The van der Waals surface area contributed by atoms with Crippen LogP contribution in [0.2, 0.25) is 5.02 Å². The van der Waals surface area contributed by atoms with Crippen molar-refractivity contribution >= 4 is 27.5 Å². The van der Waals surface area contributed by atoms with Crippen molar-refractivity contribution in [3.63, 3.8) is 0 Å². The first-order valence-corrected chi connectivity index (χ1v) is 12.8. The zero-order chi connectivity index (χ0) is 24.2.